The van der Waals surface area contributed by atoms with E-state index >= 15 is 0 Å². The van der Waals surface area contributed by atoms with E-state index in [2.05, 4.69) is 11.9 Å². The Morgan fingerprint density at radius 3 is 2.92 bits per heavy atom. The highest BCUT2D eigenvalue weighted by molar-refractivity contribution is 7.99. The Labute approximate surface area is 77.9 Å². The molecule has 3 nitrogen and oxygen atoms in total. The highest BCUT2D eigenvalue weighted by Gasteiger charge is 1.98. The Hall–Kier alpha value is -0.0300. The van der Waals surface area contributed by atoms with Crippen molar-refractivity contribution in [2.75, 3.05) is 31.2 Å². The van der Waals surface area contributed by atoms with Crippen LogP contribution in [0.15, 0.2) is 12.7 Å². The van der Waals surface area contributed by atoms with Gasteiger partial charge in [0.15, 0.2) is 0 Å². The van der Waals surface area contributed by atoms with Crippen LogP contribution in [0.2, 0.25) is 0 Å². The van der Waals surface area contributed by atoms with Crippen molar-refractivity contribution >= 4 is 11.8 Å². The first-order valence-electron chi connectivity index (χ1n) is 3.99. The maximum Gasteiger partial charge on any atom is 0.0894 e. The fraction of sp³-hybridized carbons (Fsp3) is 0.750. The lowest BCUT2D eigenvalue weighted by atomic mass is 10.4. The summed E-state index contributed by atoms with van der Waals surface area (Å²) in [6.45, 7) is 4.75. The largest absolute Gasteiger partial charge is 0.394 e. The molecule has 72 valence electrons. The molecule has 0 aliphatic carbocycles. The van der Waals surface area contributed by atoms with E-state index in [1.165, 1.54) is 0 Å². The molecule has 12 heavy (non-hydrogen) atoms. The van der Waals surface area contributed by atoms with Crippen LogP contribution in [-0.2, 0) is 0 Å². The minimum Gasteiger partial charge on any atom is -0.394 e. The van der Waals surface area contributed by atoms with Gasteiger partial charge in [-0.3, -0.25) is 0 Å². The molecule has 0 bridgehead atoms. The predicted molar refractivity (Wildman–Crippen MR) is 53.5 cm³/mol. The monoisotopic (exact) mass is 191 g/mol. The first-order chi connectivity index (χ1) is 5.81. The van der Waals surface area contributed by atoms with Gasteiger partial charge in [-0.1, -0.05) is 6.08 Å². The van der Waals surface area contributed by atoms with Crippen molar-refractivity contribution in [3.05, 3.63) is 12.7 Å². The van der Waals surface area contributed by atoms with Crippen molar-refractivity contribution in [1.82, 2.24) is 5.32 Å². The molecular formula is C8H17NO2S. The van der Waals surface area contributed by atoms with Crippen LogP contribution in [-0.4, -0.2) is 47.5 Å². The normalized spacial score (nSPS) is 12.8. The molecule has 1 unspecified atom stereocenters. The van der Waals surface area contributed by atoms with Crippen molar-refractivity contribution in [3.8, 4) is 0 Å². The summed E-state index contributed by atoms with van der Waals surface area (Å²) in [4.78, 5) is 0. The molecule has 0 aliphatic rings. The number of nitrogens with one attached hydrogen (secondary N) is 1. The molecule has 0 aromatic carbocycles. The van der Waals surface area contributed by atoms with Crippen LogP contribution >= 0.6 is 11.8 Å². The van der Waals surface area contributed by atoms with E-state index in [4.69, 9.17) is 10.2 Å². The van der Waals surface area contributed by atoms with Gasteiger partial charge in [0.2, 0.25) is 0 Å². The standard InChI is InChI=1S/C8H17NO2S/c1-2-4-12-5-3-9-6-8(11)7-10/h2,8-11H,1,3-7H2. The fourth-order valence-electron chi connectivity index (χ4n) is 0.644. The molecule has 0 aliphatic heterocycles. The number of aliphatic hydroxyl groups is 2. The number of aliphatic hydroxyl groups excluding tert-OH is 2. The Morgan fingerprint density at radius 2 is 2.33 bits per heavy atom. The third-order valence-electron chi connectivity index (χ3n) is 1.25. The molecule has 0 rings (SSSR count). The van der Waals surface area contributed by atoms with E-state index < -0.39 is 6.10 Å². The summed E-state index contributed by atoms with van der Waals surface area (Å²) in [6.07, 6.45) is 1.24. The zero-order chi connectivity index (χ0) is 9.23. The van der Waals surface area contributed by atoms with Gasteiger partial charge in [-0.2, -0.15) is 11.8 Å². The first kappa shape index (κ1) is 12.0. The lowest BCUT2D eigenvalue weighted by Gasteiger charge is -2.07. The molecule has 0 fully saturated rings. The summed E-state index contributed by atoms with van der Waals surface area (Å²) in [5, 5.41) is 20.4. The van der Waals surface area contributed by atoms with Gasteiger partial charge in [0.25, 0.3) is 0 Å². The maximum absolute atomic E-state index is 8.93. The molecule has 0 aromatic rings. The zero-order valence-corrected chi connectivity index (χ0v) is 8.02. The topological polar surface area (TPSA) is 52.5 Å². The third kappa shape index (κ3) is 8.07. The van der Waals surface area contributed by atoms with Crippen LogP contribution in [0.5, 0.6) is 0 Å². The van der Waals surface area contributed by atoms with Crippen molar-refractivity contribution in [3.63, 3.8) is 0 Å². The highest BCUT2D eigenvalue weighted by atomic mass is 32.2. The molecular weight excluding hydrogens is 174 g/mol. The van der Waals surface area contributed by atoms with Crippen LogP contribution in [0.25, 0.3) is 0 Å². The fourth-order valence-corrected chi connectivity index (χ4v) is 1.27. The molecule has 1 atom stereocenters. The number of hydrogen-bond donors (Lipinski definition) is 3. The Bertz CT molecular complexity index is 111. The Morgan fingerprint density at radius 1 is 1.58 bits per heavy atom. The summed E-state index contributed by atoms with van der Waals surface area (Å²) in [5.74, 6) is 1.97. The van der Waals surface area contributed by atoms with Gasteiger partial charge < -0.3 is 15.5 Å². The van der Waals surface area contributed by atoms with Gasteiger partial charge in [-0.15, -0.1) is 6.58 Å². The second kappa shape index (κ2) is 9.06. The zero-order valence-electron chi connectivity index (χ0n) is 7.20. The predicted octanol–water partition coefficient (Wildman–Crippen LogP) is -0.152. The molecule has 0 heterocycles. The summed E-state index contributed by atoms with van der Waals surface area (Å²) in [5.41, 5.74) is 0. The highest BCUT2D eigenvalue weighted by Crippen LogP contribution is 1.96. The van der Waals surface area contributed by atoms with Crippen molar-refractivity contribution in [1.29, 1.82) is 0 Å². The smallest absolute Gasteiger partial charge is 0.0894 e. The number of hydrogen-bond acceptors (Lipinski definition) is 4. The Kier molecular flexibility index (Phi) is 9.04. The molecule has 0 spiro atoms. The number of thioether (sulfide) groups is 1. The van der Waals surface area contributed by atoms with E-state index in [1.807, 2.05) is 6.08 Å². The third-order valence-corrected chi connectivity index (χ3v) is 2.21. The second-order valence-electron chi connectivity index (χ2n) is 2.40. The molecule has 3 N–H and O–H groups in total. The van der Waals surface area contributed by atoms with E-state index in [-0.39, 0.29) is 6.61 Å². The lowest BCUT2D eigenvalue weighted by molar-refractivity contribution is 0.0950. The van der Waals surface area contributed by atoms with Gasteiger partial charge in [0, 0.05) is 24.6 Å². The average Bonchev–Trinajstić information content (AvgIpc) is 2.10. The van der Waals surface area contributed by atoms with Crippen molar-refractivity contribution < 1.29 is 10.2 Å². The molecule has 0 aromatic heterocycles. The molecule has 0 amide bonds. The average molecular weight is 191 g/mol. The second-order valence-corrected chi connectivity index (χ2v) is 3.55. The van der Waals surface area contributed by atoms with E-state index in [0.717, 1.165) is 18.1 Å². The summed E-state index contributed by atoms with van der Waals surface area (Å²) in [6, 6.07) is 0. The van der Waals surface area contributed by atoms with Crippen LogP contribution in [0.1, 0.15) is 0 Å². The van der Waals surface area contributed by atoms with Crippen molar-refractivity contribution in [2.45, 2.75) is 6.10 Å². The molecule has 0 radical (unpaired) electrons. The molecule has 0 saturated carbocycles. The lowest BCUT2D eigenvalue weighted by Crippen LogP contribution is -2.30. The summed E-state index contributed by atoms with van der Waals surface area (Å²) < 4.78 is 0. The maximum atomic E-state index is 8.93. The van der Waals surface area contributed by atoms with Gasteiger partial charge in [0.05, 0.1) is 12.7 Å². The van der Waals surface area contributed by atoms with Crippen LogP contribution < -0.4 is 5.32 Å². The van der Waals surface area contributed by atoms with E-state index in [1.54, 1.807) is 11.8 Å². The SMILES string of the molecule is C=CCSCCNCC(O)CO. The first-order valence-corrected chi connectivity index (χ1v) is 5.15. The molecule has 0 saturated heterocycles. The summed E-state index contributed by atoms with van der Waals surface area (Å²) in [7, 11) is 0. The van der Waals surface area contributed by atoms with E-state index in [0.29, 0.717) is 6.54 Å². The van der Waals surface area contributed by atoms with Gasteiger partial charge >= 0.3 is 0 Å². The minimum absolute atomic E-state index is 0.174. The van der Waals surface area contributed by atoms with Crippen LogP contribution in [0.4, 0.5) is 0 Å². The molecule has 4 heteroatoms. The van der Waals surface area contributed by atoms with Crippen LogP contribution in [0.3, 0.4) is 0 Å². The summed E-state index contributed by atoms with van der Waals surface area (Å²) >= 11 is 1.79. The minimum atomic E-state index is -0.630. The van der Waals surface area contributed by atoms with Gasteiger partial charge in [0.1, 0.15) is 0 Å². The number of rotatable bonds is 8. The Balaban J connectivity index is 2.95. The quantitative estimate of drug-likeness (QED) is 0.369. The van der Waals surface area contributed by atoms with Crippen molar-refractivity contribution in [2.24, 2.45) is 0 Å². The van der Waals surface area contributed by atoms with Gasteiger partial charge in [-0.25, -0.2) is 0 Å². The van der Waals surface area contributed by atoms with E-state index in [9.17, 15) is 0 Å². The van der Waals surface area contributed by atoms with Crippen LogP contribution in [0, 0.1) is 0 Å². The van der Waals surface area contributed by atoms with Gasteiger partial charge in [-0.05, 0) is 0 Å².